The number of para-hydroxylation sites is 2. The smallest absolute Gasteiger partial charge is 0.265 e. The van der Waals surface area contributed by atoms with Gasteiger partial charge in [-0.15, -0.1) is 0 Å². The lowest BCUT2D eigenvalue weighted by Gasteiger charge is -2.13. The van der Waals surface area contributed by atoms with Gasteiger partial charge in [0.2, 0.25) is 0 Å². The second kappa shape index (κ2) is 9.37. The van der Waals surface area contributed by atoms with E-state index < -0.39 is 0 Å². The first-order chi connectivity index (χ1) is 17.7. The normalized spacial score (nSPS) is 14.2. The summed E-state index contributed by atoms with van der Waals surface area (Å²) in [6.45, 7) is 0.592. The molecule has 0 N–H and O–H groups in total. The van der Waals surface area contributed by atoms with Crippen LogP contribution in [0.15, 0.2) is 76.4 Å². The Labute approximate surface area is 207 Å². The van der Waals surface area contributed by atoms with Crippen molar-refractivity contribution in [2.45, 2.75) is 38.6 Å². The van der Waals surface area contributed by atoms with Crippen molar-refractivity contribution in [3.63, 3.8) is 0 Å². The maximum atomic E-state index is 13.7. The SMILES string of the molecule is COc1cccc(/C=N\n2c3nc4ccccc4nc3c3c(=O)n(CCC4=CCCCC4)cnc32)c1. The fraction of sp³-hybridized carbons (Fsp3) is 0.250. The van der Waals surface area contributed by atoms with Gasteiger partial charge in [0.05, 0.1) is 30.7 Å². The first-order valence-corrected chi connectivity index (χ1v) is 12.2. The standard InChI is InChI=1S/C28H26N6O2/c1-36-21-11-7-10-20(16-21)17-30-34-26-24(25-27(34)32-23-13-6-5-12-22(23)31-25)28(35)33(18-29-26)15-14-19-8-3-2-4-9-19/h5-8,10-13,16-18H,2-4,9,14-15H2,1H3/b30-17-. The summed E-state index contributed by atoms with van der Waals surface area (Å²) in [5.41, 5.74) is 5.06. The molecule has 0 aliphatic heterocycles. The second-order valence-corrected chi connectivity index (χ2v) is 9.02. The van der Waals surface area contributed by atoms with E-state index in [-0.39, 0.29) is 5.56 Å². The Morgan fingerprint density at radius 1 is 1.06 bits per heavy atom. The molecule has 3 heterocycles. The van der Waals surface area contributed by atoms with Gasteiger partial charge in [-0.1, -0.05) is 35.9 Å². The number of methoxy groups -OCH3 is 1. The van der Waals surface area contributed by atoms with Crippen LogP contribution in [0, 0.1) is 0 Å². The molecule has 6 rings (SSSR count). The summed E-state index contributed by atoms with van der Waals surface area (Å²) in [7, 11) is 1.63. The molecule has 8 heteroatoms. The van der Waals surface area contributed by atoms with Crippen molar-refractivity contribution in [3.05, 3.63) is 82.4 Å². The molecule has 0 saturated carbocycles. The van der Waals surface area contributed by atoms with Crippen molar-refractivity contribution >= 4 is 39.4 Å². The fourth-order valence-electron chi connectivity index (χ4n) is 4.77. The Bertz CT molecular complexity index is 1710. The van der Waals surface area contributed by atoms with Crippen LogP contribution in [-0.4, -0.2) is 37.5 Å². The van der Waals surface area contributed by atoms with E-state index in [0.717, 1.165) is 41.6 Å². The minimum absolute atomic E-state index is 0.124. The fourth-order valence-corrected chi connectivity index (χ4v) is 4.77. The molecule has 0 fully saturated rings. The Morgan fingerprint density at radius 2 is 1.92 bits per heavy atom. The minimum atomic E-state index is -0.124. The van der Waals surface area contributed by atoms with Crippen molar-refractivity contribution in [2.75, 3.05) is 7.11 Å². The van der Waals surface area contributed by atoms with Crippen LogP contribution < -0.4 is 10.3 Å². The maximum absolute atomic E-state index is 13.7. The molecule has 180 valence electrons. The highest BCUT2D eigenvalue weighted by Gasteiger charge is 2.20. The molecule has 2 aromatic carbocycles. The summed E-state index contributed by atoms with van der Waals surface area (Å²) in [5, 5.41) is 5.12. The number of hydrogen-bond donors (Lipinski definition) is 0. The number of aryl methyl sites for hydroxylation is 1. The molecule has 0 atom stereocenters. The summed E-state index contributed by atoms with van der Waals surface area (Å²) in [4.78, 5) is 28.0. The zero-order valence-electron chi connectivity index (χ0n) is 20.1. The van der Waals surface area contributed by atoms with Gasteiger partial charge in [-0.2, -0.15) is 9.78 Å². The first kappa shape index (κ1) is 22.2. The Hall–Kier alpha value is -4.33. The van der Waals surface area contributed by atoms with Gasteiger partial charge >= 0.3 is 0 Å². The highest BCUT2D eigenvalue weighted by molar-refractivity contribution is 6.04. The Morgan fingerprint density at radius 3 is 2.72 bits per heavy atom. The third-order valence-electron chi connectivity index (χ3n) is 6.68. The van der Waals surface area contributed by atoms with Crippen molar-refractivity contribution in [3.8, 4) is 5.75 Å². The lowest BCUT2D eigenvalue weighted by Crippen LogP contribution is -2.21. The zero-order chi connectivity index (χ0) is 24.5. The van der Waals surface area contributed by atoms with Crippen LogP contribution in [-0.2, 0) is 6.54 Å². The average Bonchev–Trinajstić information content (AvgIpc) is 3.23. The van der Waals surface area contributed by atoms with E-state index in [0.29, 0.717) is 28.7 Å². The quantitative estimate of drug-likeness (QED) is 0.251. The van der Waals surface area contributed by atoms with Gasteiger partial charge < -0.3 is 4.74 Å². The van der Waals surface area contributed by atoms with E-state index in [4.69, 9.17) is 14.7 Å². The molecule has 0 bridgehead atoms. The van der Waals surface area contributed by atoms with E-state index in [1.807, 2.05) is 48.5 Å². The Kier molecular flexibility index (Phi) is 5.77. The minimum Gasteiger partial charge on any atom is -0.497 e. The van der Waals surface area contributed by atoms with Gasteiger partial charge in [0.1, 0.15) is 16.7 Å². The maximum Gasteiger partial charge on any atom is 0.265 e. The van der Waals surface area contributed by atoms with E-state index in [1.54, 1.807) is 28.9 Å². The number of fused-ring (bicyclic) bond motifs is 4. The van der Waals surface area contributed by atoms with E-state index in [2.05, 4.69) is 16.2 Å². The van der Waals surface area contributed by atoms with Crippen LogP contribution in [0.5, 0.6) is 5.75 Å². The second-order valence-electron chi connectivity index (χ2n) is 9.02. The van der Waals surface area contributed by atoms with E-state index in [9.17, 15) is 4.79 Å². The molecule has 1 aliphatic carbocycles. The number of benzene rings is 2. The summed E-state index contributed by atoms with van der Waals surface area (Å²) in [6.07, 6.45) is 11.2. The van der Waals surface area contributed by atoms with Crippen LogP contribution in [0.3, 0.4) is 0 Å². The number of aromatic nitrogens is 5. The number of ether oxygens (including phenoxy) is 1. The molecular weight excluding hydrogens is 452 g/mol. The molecule has 0 unspecified atom stereocenters. The summed E-state index contributed by atoms with van der Waals surface area (Å²) < 4.78 is 8.62. The van der Waals surface area contributed by atoms with Gasteiger partial charge in [-0.05, 0) is 61.9 Å². The van der Waals surface area contributed by atoms with Gasteiger partial charge in [0.25, 0.3) is 5.56 Å². The van der Waals surface area contributed by atoms with Gasteiger partial charge in [0, 0.05) is 6.54 Å². The van der Waals surface area contributed by atoms with E-state index in [1.165, 1.54) is 18.4 Å². The van der Waals surface area contributed by atoms with Gasteiger partial charge in [-0.25, -0.2) is 15.0 Å². The van der Waals surface area contributed by atoms with Crippen LogP contribution in [0.4, 0.5) is 0 Å². The summed E-state index contributed by atoms with van der Waals surface area (Å²) in [6, 6.07) is 15.2. The number of allylic oxidation sites excluding steroid dienone is 2. The predicted octanol–water partition coefficient (Wildman–Crippen LogP) is 5.08. The van der Waals surface area contributed by atoms with Crippen molar-refractivity contribution in [1.82, 2.24) is 24.2 Å². The van der Waals surface area contributed by atoms with Crippen LogP contribution in [0.2, 0.25) is 0 Å². The molecule has 1 aliphatic rings. The molecule has 8 nitrogen and oxygen atoms in total. The topological polar surface area (TPSA) is 87.2 Å². The van der Waals surface area contributed by atoms with Gasteiger partial charge in [-0.3, -0.25) is 9.36 Å². The Balaban J connectivity index is 1.51. The third kappa shape index (κ3) is 4.04. The third-order valence-corrected chi connectivity index (χ3v) is 6.68. The van der Waals surface area contributed by atoms with E-state index >= 15 is 0 Å². The van der Waals surface area contributed by atoms with Crippen LogP contribution in [0.1, 0.15) is 37.7 Å². The molecule has 3 aromatic heterocycles. The van der Waals surface area contributed by atoms with Crippen LogP contribution >= 0.6 is 0 Å². The highest BCUT2D eigenvalue weighted by atomic mass is 16.5. The molecule has 5 aromatic rings. The molecular formula is C28H26N6O2. The molecule has 0 spiro atoms. The van der Waals surface area contributed by atoms with Crippen molar-refractivity contribution in [2.24, 2.45) is 5.10 Å². The predicted molar refractivity (Wildman–Crippen MR) is 142 cm³/mol. The molecule has 0 radical (unpaired) electrons. The summed E-state index contributed by atoms with van der Waals surface area (Å²) in [5.74, 6) is 0.737. The zero-order valence-corrected chi connectivity index (χ0v) is 20.1. The number of hydrogen-bond acceptors (Lipinski definition) is 6. The number of rotatable bonds is 6. The largest absolute Gasteiger partial charge is 0.497 e. The summed E-state index contributed by atoms with van der Waals surface area (Å²) >= 11 is 0. The lowest BCUT2D eigenvalue weighted by molar-refractivity contribution is 0.415. The average molecular weight is 479 g/mol. The van der Waals surface area contributed by atoms with Crippen molar-refractivity contribution < 1.29 is 4.74 Å². The van der Waals surface area contributed by atoms with Crippen molar-refractivity contribution in [1.29, 1.82) is 0 Å². The van der Waals surface area contributed by atoms with Gasteiger partial charge in [0.15, 0.2) is 11.3 Å². The molecule has 36 heavy (non-hydrogen) atoms. The molecule has 0 amide bonds. The van der Waals surface area contributed by atoms with Crippen LogP contribution in [0.25, 0.3) is 33.2 Å². The number of nitrogens with zero attached hydrogens (tertiary/aromatic N) is 6. The first-order valence-electron chi connectivity index (χ1n) is 12.2. The molecule has 0 saturated heterocycles. The monoisotopic (exact) mass is 478 g/mol. The lowest BCUT2D eigenvalue weighted by atomic mass is 9.97. The highest BCUT2D eigenvalue weighted by Crippen LogP contribution is 2.25.